The molecule has 0 fully saturated rings. The summed E-state index contributed by atoms with van der Waals surface area (Å²) in [5.41, 5.74) is 2.36. The Hall–Kier alpha value is -3.55. The third kappa shape index (κ3) is 2.61. The van der Waals surface area contributed by atoms with Crippen LogP contribution in [0, 0.1) is 0 Å². The monoisotopic (exact) mass is 352 g/mol. The van der Waals surface area contributed by atoms with E-state index in [9.17, 15) is 9.59 Å². The van der Waals surface area contributed by atoms with Crippen LogP contribution in [0.2, 0.25) is 0 Å². The molecule has 8 nitrogen and oxygen atoms in total. The van der Waals surface area contributed by atoms with Gasteiger partial charge >= 0.3 is 6.16 Å². The normalized spacial score (nSPS) is 11.2. The largest absolute Gasteiger partial charge is 0.513 e. The van der Waals surface area contributed by atoms with Crippen molar-refractivity contribution < 1.29 is 14.3 Å². The number of aryl methyl sites for hydroxylation is 1. The molecular weight excluding hydrogens is 336 g/mol. The van der Waals surface area contributed by atoms with E-state index in [0.29, 0.717) is 16.4 Å². The van der Waals surface area contributed by atoms with Crippen molar-refractivity contribution in [2.45, 2.75) is 6.92 Å². The van der Waals surface area contributed by atoms with Crippen molar-refractivity contribution in [2.24, 2.45) is 7.05 Å². The first kappa shape index (κ1) is 15.9. The number of carbonyl (C=O) groups excluding carboxylic acids is 1. The van der Waals surface area contributed by atoms with Gasteiger partial charge in [-0.2, -0.15) is 5.10 Å². The van der Waals surface area contributed by atoms with Gasteiger partial charge in [-0.1, -0.05) is 6.07 Å². The molecule has 26 heavy (non-hydrogen) atoms. The molecule has 1 aromatic carbocycles. The van der Waals surface area contributed by atoms with E-state index >= 15 is 0 Å². The smallest absolute Gasteiger partial charge is 0.434 e. The van der Waals surface area contributed by atoms with Gasteiger partial charge in [0, 0.05) is 35.9 Å². The van der Waals surface area contributed by atoms with Gasteiger partial charge in [0.1, 0.15) is 5.52 Å². The standard InChI is InChI=1S/C18H16N4O4/c1-3-25-18(24)26-14-9-19-16-15(14)11-8-10(12-6-7-22(2)21-12)4-5-13(11)20-17(16)23/h4-9,19H,3H2,1-2H3,(H,20,23). The number of rotatable bonds is 3. The van der Waals surface area contributed by atoms with Gasteiger partial charge in [-0.3, -0.25) is 9.48 Å². The highest BCUT2D eigenvalue weighted by atomic mass is 16.7. The van der Waals surface area contributed by atoms with Crippen molar-refractivity contribution in [3.8, 4) is 17.0 Å². The molecule has 132 valence electrons. The van der Waals surface area contributed by atoms with Crippen LogP contribution >= 0.6 is 0 Å². The Balaban J connectivity index is 1.94. The predicted molar refractivity (Wildman–Crippen MR) is 96.3 cm³/mol. The topological polar surface area (TPSA) is 102 Å². The summed E-state index contributed by atoms with van der Waals surface area (Å²) < 4.78 is 11.8. The van der Waals surface area contributed by atoms with Crippen LogP contribution in [-0.2, 0) is 11.8 Å². The van der Waals surface area contributed by atoms with Gasteiger partial charge in [-0.05, 0) is 25.1 Å². The van der Waals surface area contributed by atoms with Gasteiger partial charge in [0.25, 0.3) is 5.56 Å². The van der Waals surface area contributed by atoms with Crippen LogP contribution < -0.4 is 10.3 Å². The summed E-state index contributed by atoms with van der Waals surface area (Å²) in [6.45, 7) is 1.89. The van der Waals surface area contributed by atoms with Crippen molar-refractivity contribution in [3.63, 3.8) is 0 Å². The third-order valence-electron chi connectivity index (χ3n) is 4.07. The zero-order valence-corrected chi connectivity index (χ0v) is 14.2. The minimum Gasteiger partial charge on any atom is -0.434 e. The minimum absolute atomic E-state index is 0.201. The summed E-state index contributed by atoms with van der Waals surface area (Å²) in [7, 11) is 1.84. The molecule has 0 saturated heterocycles. The number of hydrogen-bond acceptors (Lipinski definition) is 5. The zero-order chi connectivity index (χ0) is 18.3. The second-order valence-electron chi connectivity index (χ2n) is 5.78. The van der Waals surface area contributed by atoms with Crippen molar-refractivity contribution in [3.05, 3.63) is 47.0 Å². The molecule has 8 heteroatoms. The molecule has 0 aliphatic heterocycles. The summed E-state index contributed by atoms with van der Waals surface area (Å²) in [4.78, 5) is 29.7. The highest BCUT2D eigenvalue weighted by molar-refractivity contribution is 6.09. The molecule has 0 radical (unpaired) electrons. The molecule has 2 N–H and O–H groups in total. The maximum atomic E-state index is 12.3. The van der Waals surface area contributed by atoms with E-state index in [1.54, 1.807) is 17.7 Å². The van der Waals surface area contributed by atoms with Crippen LogP contribution in [0.3, 0.4) is 0 Å². The highest BCUT2D eigenvalue weighted by Gasteiger charge is 2.17. The highest BCUT2D eigenvalue weighted by Crippen LogP contribution is 2.32. The van der Waals surface area contributed by atoms with Crippen molar-refractivity contribution in [1.82, 2.24) is 19.7 Å². The summed E-state index contributed by atoms with van der Waals surface area (Å²) >= 11 is 0. The number of aromatic amines is 2. The van der Waals surface area contributed by atoms with Crippen LogP contribution in [0.15, 0.2) is 41.5 Å². The van der Waals surface area contributed by atoms with Crippen LogP contribution in [0.1, 0.15) is 6.92 Å². The van der Waals surface area contributed by atoms with E-state index in [1.807, 2.05) is 31.4 Å². The molecule has 0 aliphatic carbocycles. The second kappa shape index (κ2) is 6.07. The first-order valence-corrected chi connectivity index (χ1v) is 8.08. The molecule has 3 aromatic heterocycles. The molecule has 0 atom stereocenters. The van der Waals surface area contributed by atoms with Crippen LogP contribution in [0.4, 0.5) is 4.79 Å². The van der Waals surface area contributed by atoms with E-state index in [2.05, 4.69) is 15.1 Å². The van der Waals surface area contributed by atoms with E-state index in [0.717, 1.165) is 16.6 Å². The van der Waals surface area contributed by atoms with Gasteiger partial charge in [0.05, 0.1) is 17.7 Å². The first-order chi connectivity index (χ1) is 12.6. The quantitative estimate of drug-likeness (QED) is 0.552. The number of nitrogens with zero attached hydrogens (tertiary/aromatic N) is 2. The van der Waals surface area contributed by atoms with Gasteiger partial charge < -0.3 is 19.4 Å². The lowest BCUT2D eigenvalue weighted by Crippen LogP contribution is -2.10. The number of fused-ring (bicyclic) bond motifs is 3. The van der Waals surface area contributed by atoms with E-state index in [4.69, 9.17) is 9.47 Å². The first-order valence-electron chi connectivity index (χ1n) is 8.08. The molecule has 0 amide bonds. The molecule has 0 aliphatic rings. The van der Waals surface area contributed by atoms with E-state index < -0.39 is 6.16 Å². The fraction of sp³-hybridized carbons (Fsp3) is 0.167. The lowest BCUT2D eigenvalue weighted by Gasteiger charge is -2.06. The Kier molecular flexibility index (Phi) is 3.72. The van der Waals surface area contributed by atoms with Gasteiger partial charge in [-0.15, -0.1) is 0 Å². The maximum absolute atomic E-state index is 12.3. The number of aromatic nitrogens is 4. The Bertz CT molecular complexity index is 1190. The van der Waals surface area contributed by atoms with Gasteiger partial charge in [0.2, 0.25) is 0 Å². The summed E-state index contributed by atoms with van der Waals surface area (Å²) in [5, 5.41) is 5.66. The zero-order valence-electron chi connectivity index (χ0n) is 14.2. The van der Waals surface area contributed by atoms with E-state index in [-0.39, 0.29) is 17.9 Å². The molecule has 0 saturated carbocycles. The minimum atomic E-state index is -0.817. The molecule has 0 unspecified atom stereocenters. The number of nitrogens with one attached hydrogen (secondary N) is 2. The van der Waals surface area contributed by atoms with Crippen LogP contribution in [0.25, 0.3) is 33.1 Å². The van der Waals surface area contributed by atoms with Gasteiger partial charge in [-0.25, -0.2) is 4.79 Å². The number of carbonyl (C=O) groups is 1. The van der Waals surface area contributed by atoms with Crippen molar-refractivity contribution in [2.75, 3.05) is 6.61 Å². The number of ether oxygens (including phenoxy) is 2. The summed E-state index contributed by atoms with van der Waals surface area (Å²) in [6, 6.07) is 7.49. The Labute approximate surface area is 147 Å². The average molecular weight is 352 g/mol. The number of H-pyrrole nitrogens is 2. The third-order valence-corrected chi connectivity index (χ3v) is 4.07. The van der Waals surface area contributed by atoms with E-state index in [1.165, 1.54) is 6.20 Å². The molecular formula is C18H16N4O4. The number of hydrogen-bond donors (Lipinski definition) is 2. The van der Waals surface area contributed by atoms with Crippen LogP contribution in [-0.4, -0.2) is 32.5 Å². The predicted octanol–water partition coefficient (Wildman–Crippen LogP) is 2.95. The summed E-state index contributed by atoms with van der Waals surface area (Å²) in [5.74, 6) is 0.243. The number of pyridine rings is 1. The molecule has 4 rings (SSSR count). The van der Waals surface area contributed by atoms with Crippen molar-refractivity contribution >= 4 is 28.0 Å². The lowest BCUT2D eigenvalue weighted by molar-refractivity contribution is 0.105. The SMILES string of the molecule is CCOC(=O)Oc1c[nH]c2c(=O)[nH]c3ccc(-c4ccn(C)n4)cc3c12. The van der Waals surface area contributed by atoms with Gasteiger partial charge in [0.15, 0.2) is 5.75 Å². The fourth-order valence-corrected chi connectivity index (χ4v) is 2.94. The summed E-state index contributed by atoms with van der Waals surface area (Å²) in [6.07, 6.45) is 2.51. The maximum Gasteiger partial charge on any atom is 0.513 e. The van der Waals surface area contributed by atoms with Crippen LogP contribution in [0.5, 0.6) is 5.75 Å². The Morgan fingerprint density at radius 1 is 1.31 bits per heavy atom. The molecule has 0 spiro atoms. The molecule has 3 heterocycles. The molecule has 0 bridgehead atoms. The molecule has 4 aromatic rings. The Morgan fingerprint density at radius 2 is 2.15 bits per heavy atom. The Morgan fingerprint density at radius 3 is 2.88 bits per heavy atom. The average Bonchev–Trinajstić information content (AvgIpc) is 3.22. The number of benzene rings is 1. The second-order valence-corrected chi connectivity index (χ2v) is 5.78. The van der Waals surface area contributed by atoms with Crippen molar-refractivity contribution in [1.29, 1.82) is 0 Å². The lowest BCUT2D eigenvalue weighted by atomic mass is 10.1. The fourth-order valence-electron chi connectivity index (χ4n) is 2.94.